The van der Waals surface area contributed by atoms with Gasteiger partial charge in [0.2, 0.25) is 0 Å². The number of hydrogen-bond donors (Lipinski definition) is 0. The molecule has 8 nitrogen and oxygen atoms in total. The molecule has 142 valence electrons. The fourth-order valence-corrected chi connectivity index (χ4v) is 3.16. The van der Waals surface area contributed by atoms with Gasteiger partial charge in [0, 0.05) is 29.0 Å². The first-order chi connectivity index (χ1) is 12.1. The number of amides is 1. The standard InChI is InChI=1S/C18H27N5O3/c1-10(2)22(11(3)4)17(25)14(7)26-16(24)8-15-12(5)21-18-19-9-20-23(18)13(15)6/h9-11,14H,8H2,1-7H3/t14-/m0/s1. The third-order valence-electron chi connectivity index (χ3n) is 4.33. The van der Waals surface area contributed by atoms with Crippen LogP contribution in [0, 0.1) is 13.8 Å². The van der Waals surface area contributed by atoms with E-state index < -0.39 is 12.1 Å². The van der Waals surface area contributed by atoms with E-state index in [1.54, 1.807) is 16.3 Å². The zero-order chi connectivity index (χ0) is 19.6. The molecular formula is C18H27N5O3. The summed E-state index contributed by atoms with van der Waals surface area (Å²) < 4.78 is 6.98. The summed E-state index contributed by atoms with van der Waals surface area (Å²) in [5.41, 5.74) is 2.22. The van der Waals surface area contributed by atoms with E-state index in [0.29, 0.717) is 11.5 Å². The average molecular weight is 361 g/mol. The van der Waals surface area contributed by atoms with Gasteiger partial charge in [-0.05, 0) is 48.5 Å². The number of carbonyl (C=O) groups is 2. The fourth-order valence-electron chi connectivity index (χ4n) is 3.16. The van der Waals surface area contributed by atoms with Crippen LogP contribution in [0.5, 0.6) is 0 Å². The Balaban J connectivity index is 2.12. The van der Waals surface area contributed by atoms with Crippen molar-refractivity contribution in [2.45, 2.75) is 73.1 Å². The van der Waals surface area contributed by atoms with Crippen LogP contribution in [-0.4, -0.2) is 54.5 Å². The highest BCUT2D eigenvalue weighted by molar-refractivity contribution is 5.84. The minimum absolute atomic E-state index is 0.0292. The van der Waals surface area contributed by atoms with Crippen LogP contribution in [0.2, 0.25) is 0 Å². The number of rotatable bonds is 6. The summed E-state index contributed by atoms with van der Waals surface area (Å²) in [6, 6.07) is 0.0686. The summed E-state index contributed by atoms with van der Waals surface area (Å²) in [5.74, 6) is -0.169. The van der Waals surface area contributed by atoms with Gasteiger partial charge in [0.1, 0.15) is 6.33 Å². The number of carbonyl (C=O) groups excluding carboxylic acids is 2. The van der Waals surface area contributed by atoms with Crippen molar-refractivity contribution in [3.63, 3.8) is 0 Å². The van der Waals surface area contributed by atoms with Gasteiger partial charge in [-0.1, -0.05) is 0 Å². The van der Waals surface area contributed by atoms with Crippen LogP contribution in [0.4, 0.5) is 0 Å². The van der Waals surface area contributed by atoms with Gasteiger partial charge >= 0.3 is 5.97 Å². The molecule has 2 aromatic rings. The lowest BCUT2D eigenvalue weighted by molar-refractivity contribution is -0.160. The second kappa shape index (κ2) is 7.80. The van der Waals surface area contributed by atoms with Crippen molar-refractivity contribution in [1.29, 1.82) is 0 Å². The number of aromatic nitrogens is 4. The Labute approximate surface area is 153 Å². The van der Waals surface area contributed by atoms with Crippen molar-refractivity contribution >= 4 is 17.7 Å². The van der Waals surface area contributed by atoms with Crippen LogP contribution in [0.1, 0.15) is 51.6 Å². The van der Waals surface area contributed by atoms with Crippen LogP contribution in [0.25, 0.3) is 5.78 Å². The van der Waals surface area contributed by atoms with Gasteiger partial charge in [-0.15, -0.1) is 0 Å². The molecule has 2 aromatic heterocycles. The molecule has 0 aliphatic carbocycles. The average Bonchev–Trinajstić information content (AvgIpc) is 2.98. The van der Waals surface area contributed by atoms with Gasteiger partial charge < -0.3 is 9.64 Å². The lowest BCUT2D eigenvalue weighted by atomic mass is 10.1. The topological polar surface area (TPSA) is 89.7 Å². The summed E-state index contributed by atoms with van der Waals surface area (Å²) >= 11 is 0. The number of ether oxygens (including phenoxy) is 1. The van der Waals surface area contributed by atoms with E-state index in [0.717, 1.165) is 11.3 Å². The zero-order valence-corrected chi connectivity index (χ0v) is 16.5. The summed E-state index contributed by atoms with van der Waals surface area (Å²) in [6.07, 6.45) is 0.613. The van der Waals surface area contributed by atoms with Crippen molar-refractivity contribution in [3.05, 3.63) is 23.3 Å². The molecule has 0 fully saturated rings. The molecule has 0 saturated heterocycles. The Kier molecular flexibility index (Phi) is 5.94. The molecule has 0 radical (unpaired) electrons. The molecule has 0 aliphatic heterocycles. The van der Waals surface area contributed by atoms with Crippen molar-refractivity contribution in [1.82, 2.24) is 24.5 Å². The van der Waals surface area contributed by atoms with E-state index in [-0.39, 0.29) is 24.4 Å². The maximum Gasteiger partial charge on any atom is 0.311 e. The van der Waals surface area contributed by atoms with Crippen molar-refractivity contribution in [3.8, 4) is 0 Å². The zero-order valence-electron chi connectivity index (χ0n) is 16.5. The van der Waals surface area contributed by atoms with E-state index in [4.69, 9.17) is 4.74 Å². The number of fused-ring (bicyclic) bond motifs is 1. The summed E-state index contributed by atoms with van der Waals surface area (Å²) in [7, 11) is 0. The first-order valence-electron chi connectivity index (χ1n) is 8.81. The molecule has 8 heteroatoms. The summed E-state index contributed by atoms with van der Waals surface area (Å²) in [5, 5.41) is 4.11. The molecule has 0 bridgehead atoms. The highest BCUT2D eigenvalue weighted by Gasteiger charge is 2.28. The normalized spacial score (nSPS) is 12.7. The predicted molar refractivity (Wildman–Crippen MR) is 96.6 cm³/mol. The van der Waals surface area contributed by atoms with Gasteiger partial charge in [0.25, 0.3) is 11.7 Å². The van der Waals surface area contributed by atoms with Gasteiger partial charge in [-0.3, -0.25) is 9.59 Å². The van der Waals surface area contributed by atoms with Gasteiger partial charge in [0.05, 0.1) is 6.42 Å². The number of hydrogen-bond acceptors (Lipinski definition) is 6. The molecule has 26 heavy (non-hydrogen) atoms. The minimum Gasteiger partial charge on any atom is -0.452 e. The largest absolute Gasteiger partial charge is 0.452 e. The first-order valence-corrected chi connectivity index (χ1v) is 8.81. The molecule has 2 heterocycles. The molecular weight excluding hydrogens is 334 g/mol. The summed E-state index contributed by atoms with van der Waals surface area (Å²) in [4.78, 5) is 35.1. The van der Waals surface area contributed by atoms with E-state index >= 15 is 0 Å². The third-order valence-corrected chi connectivity index (χ3v) is 4.33. The Morgan fingerprint density at radius 2 is 1.77 bits per heavy atom. The van der Waals surface area contributed by atoms with Crippen LogP contribution >= 0.6 is 0 Å². The number of esters is 1. The number of aryl methyl sites for hydroxylation is 2. The second-order valence-corrected chi connectivity index (χ2v) is 6.97. The van der Waals surface area contributed by atoms with Crippen LogP contribution < -0.4 is 0 Å². The predicted octanol–water partition coefficient (Wildman–Crippen LogP) is 1.86. The van der Waals surface area contributed by atoms with Crippen molar-refractivity contribution in [2.24, 2.45) is 0 Å². The third kappa shape index (κ3) is 4.00. The van der Waals surface area contributed by atoms with E-state index in [1.165, 1.54) is 6.33 Å². The lowest BCUT2D eigenvalue weighted by Gasteiger charge is -2.32. The van der Waals surface area contributed by atoms with Crippen LogP contribution in [0.15, 0.2) is 6.33 Å². The molecule has 0 aliphatic rings. The Hall–Kier alpha value is -2.51. The molecule has 1 atom stereocenters. The van der Waals surface area contributed by atoms with Gasteiger partial charge in [0.15, 0.2) is 6.10 Å². The molecule has 0 aromatic carbocycles. The van der Waals surface area contributed by atoms with E-state index in [2.05, 4.69) is 15.1 Å². The molecule has 1 amide bonds. The fraction of sp³-hybridized carbons (Fsp3) is 0.611. The lowest BCUT2D eigenvalue weighted by Crippen LogP contribution is -2.47. The second-order valence-electron chi connectivity index (χ2n) is 6.97. The maximum absolute atomic E-state index is 12.6. The monoisotopic (exact) mass is 361 g/mol. The van der Waals surface area contributed by atoms with Crippen molar-refractivity contribution in [2.75, 3.05) is 0 Å². The highest BCUT2D eigenvalue weighted by atomic mass is 16.5. The van der Waals surface area contributed by atoms with Gasteiger partial charge in [-0.2, -0.15) is 10.1 Å². The molecule has 0 spiro atoms. The SMILES string of the molecule is Cc1nc2ncnn2c(C)c1CC(=O)O[C@@H](C)C(=O)N(C(C)C)C(C)C. The Morgan fingerprint density at radius 3 is 2.35 bits per heavy atom. The summed E-state index contributed by atoms with van der Waals surface area (Å²) in [6.45, 7) is 13.0. The van der Waals surface area contributed by atoms with Crippen LogP contribution in [0.3, 0.4) is 0 Å². The highest BCUT2D eigenvalue weighted by Crippen LogP contribution is 2.15. The van der Waals surface area contributed by atoms with E-state index in [1.807, 2.05) is 41.5 Å². The smallest absolute Gasteiger partial charge is 0.311 e. The Bertz CT molecular complexity index is 805. The molecule has 0 N–H and O–H groups in total. The molecule has 0 saturated carbocycles. The van der Waals surface area contributed by atoms with E-state index in [9.17, 15) is 9.59 Å². The first kappa shape index (κ1) is 19.8. The molecule has 0 unspecified atom stereocenters. The number of nitrogens with zero attached hydrogens (tertiary/aromatic N) is 5. The maximum atomic E-state index is 12.6. The quantitative estimate of drug-likeness (QED) is 0.730. The minimum atomic E-state index is -0.837. The Morgan fingerprint density at radius 1 is 1.15 bits per heavy atom. The van der Waals surface area contributed by atoms with Crippen LogP contribution in [-0.2, 0) is 20.7 Å². The van der Waals surface area contributed by atoms with Crippen molar-refractivity contribution < 1.29 is 14.3 Å². The van der Waals surface area contributed by atoms with Gasteiger partial charge in [-0.25, -0.2) is 9.50 Å². The molecule has 2 rings (SSSR count).